The van der Waals surface area contributed by atoms with Gasteiger partial charge in [-0.05, 0) is 24.3 Å². The van der Waals surface area contributed by atoms with Crippen LogP contribution in [-0.2, 0) is 7.05 Å². The van der Waals surface area contributed by atoms with Crippen molar-refractivity contribution in [2.24, 2.45) is 7.05 Å². The first-order chi connectivity index (χ1) is 12.0. The number of aliphatic hydroxyl groups excluding tert-OH is 1. The lowest BCUT2D eigenvalue weighted by Crippen LogP contribution is -1.95. The van der Waals surface area contributed by atoms with Gasteiger partial charge in [0.15, 0.2) is 5.82 Å². The Morgan fingerprint density at radius 2 is 2.12 bits per heavy atom. The highest BCUT2D eigenvalue weighted by Crippen LogP contribution is 2.32. The van der Waals surface area contributed by atoms with Crippen molar-refractivity contribution in [1.29, 1.82) is 0 Å². The molecule has 0 aliphatic rings. The Kier molecular flexibility index (Phi) is 3.24. The Labute approximate surface area is 142 Å². The number of nitrogens with one attached hydrogen (secondary N) is 2. The SMILES string of the molecule is C=C(O)c1cc(F)cc(-c2cc3c(nc(NC)c4ncn(C)c43)[nH]2)c1. The van der Waals surface area contributed by atoms with Gasteiger partial charge >= 0.3 is 0 Å². The molecule has 3 heterocycles. The van der Waals surface area contributed by atoms with Crippen LogP contribution in [0, 0.1) is 5.82 Å². The zero-order chi connectivity index (χ0) is 17.7. The number of fused-ring (bicyclic) bond motifs is 3. The number of imidazole rings is 1. The third kappa shape index (κ3) is 2.32. The van der Waals surface area contributed by atoms with Crippen LogP contribution in [0.1, 0.15) is 5.56 Å². The molecular formula is C18H16FN5O. The van der Waals surface area contributed by atoms with E-state index >= 15 is 0 Å². The lowest BCUT2D eigenvalue weighted by molar-refractivity contribution is 0.512. The largest absolute Gasteiger partial charge is 0.508 e. The van der Waals surface area contributed by atoms with Crippen LogP contribution >= 0.6 is 0 Å². The topological polar surface area (TPSA) is 78.8 Å². The van der Waals surface area contributed by atoms with Gasteiger partial charge in [-0.25, -0.2) is 14.4 Å². The van der Waals surface area contributed by atoms with Gasteiger partial charge in [0.1, 0.15) is 22.7 Å². The number of rotatable bonds is 3. The van der Waals surface area contributed by atoms with Crippen LogP contribution < -0.4 is 5.32 Å². The monoisotopic (exact) mass is 337 g/mol. The second kappa shape index (κ2) is 5.34. The standard InChI is InChI=1S/C18H16FN5O/c1-9(25)10-4-11(6-12(19)5-10)14-7-13-16-15(21-8-24(16)3)18(20-2)23-17(13)22-14/h4-8,25H,1H2,2-3H3,(H2,20,22,23). The summed E-state index contributed by atoms with van der Waals surface area (Å²) in [6.07, 6.45) is 1.73. The fraction of sp³-hybridized carbons (Fsp3) is 0.111. The molecule has 0 saturated carbocycles. The van der Waals surface area contributed by atoms with Crippen LogP contribution in [0.3, 0.4) is 0 Å². The van der Waals surface area contributed by atoms with Crippen LogP contribution in [0.25, 0.3) is 39.1 Å². The summed E-state index contributed by atoms with van der Waals surface area (Å²) in [5.41, 5.74) is 4.00. The molecule has 3 aromatic heterocycles. The van der Waals surface area contributed by atoms with Crippen molar-refractivity contribution in [2.75, 3.05) is 12.4 Å². The number of anilines is 1. The Morgan fingerprint density at radius 3 is 2.84 bits per heavy atom. The third-order valence-electron chi connectivity index (χ3n) is 4.22. The summed E-state index contributed by atoms with van der Waals surface area (Å²) < 4.78 is 15.8. The Morgan fingerprint density at radius 1 is 1.32 bits per heavy atom. The number of hydrogen-bond donors (Lipinski definition) is 3. The molecule has 0 spiro atoms. The average molecular weight is 337 g/mol. The van der Waals surface area contributed by atoms with E-state index in [0.29, 0.717) is 28.3 Å². The molecule has 4 rings (SSSR count). The molecule has 0 aliphatic carbocycles. The van der Waals surface area contributed by atoms with E-state index in [1.165, 1.54) is 12.1 Å². The summed E-state index contributed by atoms with van der Waals surface area (Å²) in [6, 6.07) is 6.22. The highest BCUT2D eigenvalue weighted by molar-refractivity contribution is 6.07. The minimum atomic E-state index is -0.448. The molecule has 0 atom stereocenters. The van der Waals surface area contributed by atoms with Gasteiger partial charge in [-0.2, -0.15) is 0 Å². The van der Waals surface area contributed by atoms with Gasteiger partial charge in [-0.15, -0.1) is 0 Å². The van der Waals surface area contributed by atoms with Crippen molar-refractivity contribution in [3.05, 3.63) is 48.6 Å². The van der Waals surface area contributed by atoms with Crippen molar-refractivity contribution < 1.29 is 9.50 Å². The van der Waals surface area contributed by atoms with Crippen molar-refractivity contribution in [3.63, 3.8) is 0 Å². The molecular weight excluding hydrogens is 321 g/mol. The van der Waals surface area contributed by atoms with Crippen LogP contribution in [0.15, 0.2) is 37.2 Å². The molecule has 7 heteroatoms. The molecule has 25 heavy (non-hydrogen) atoms. The van der Waals surface area contributed by atoms with Gasteiger partial charge in [0.25, 0.3) is 0 Å². The first kappa shape index (κ1) is 15.2. The van der Waals surface area contributed by atoms with Crippen molar-refractivity contribution >= 4 is 33.6 Å². The molecule has 126 valence electrons. The zero-order valence-electron chi connectivity index (χ0n) is 13.8. The predicted octanol–water partition coefficient (Wildman–Crippen LogP) is 3.83. The highest BCUT2D eigenvalue weighted by Gasteiger charge is 2.15. The minimum Gasteiger partial charge on any atom is -0.508 e. The van der Waals surface area contributed by atoms with Crippen LogP contribution in [0.5, 0.6) is 0 Å². The maximum Gasteiger partial charge on any atom is 0.156 e. The summed E-state index contributed by atoms with van der Waals surface area (Å²) in [4.78, 5) is 12.2. The van der Waals surface area contributed by atoms with E-state index in [0.717, 1.165) is 16.4 Å². The molecule has 0 aliphatic heterocycles. The summed E-state index contributed by atoms with van der Waals surface area (Å²) in [5, 5.41) is 13.5. The number of halogens is 1. The number of aromatic amines is 1. The summed E-state index contributed by atoms with van der Waals surface area (Å²) in [7, 11) is 3.70. The molecule has 4 aromatic rings. The molecule has 0 saturated heterocycles. The maximum atomic E-state index is 13.9. The highest BCUT2D eigenvalue weighted by atomic mass is 19.1. The number of aromatic nitrogens is 4. The second-order valence-electron chi connectivity index (χ2n) is 5.88. The van der Waals surface area contributed by atoms with E-state index in [9.17, 15) is 9.50 Å². The van der Waals surface area contributed by atoms with E-state index in [1.54, 1.807) is 19.4 Å². The van der Waals surface area contributed by atoms with E-state index in [2.05, 4.69) is 26.8 Å². The molecule has 0 bridgehead atoms. The van der Waals surface area contributed by atoms with Crippen LogP contribution in [0.2, 0.25) is 0 Å². The Balaban J connectivity index is 2.00. The van der Waals surface area contributed by atoms with E-state index in [1.807, 2.05) is 17.7 Å². The molecule has 6 nitrogen and oxygen atoms in total. The molecule has 0 fully saturated rings. The number of nitrogens with zero attached hydrogens (tertiary/aromatic N) is 3. The normalized spacial score (nSPS) is 11.3. The molecule has 0 radical (unpaired) electrons. The van der Waals surface area contributed by atoms with Gasteiger partial charge in [-0.1, -0.05) is 6.58 Å². The van der Waals surface area contributed by atoms with Gasteiger partial charge in [0.05, 0.1) is 11.8 Å². The number of benzene rings is 1. The van der Waals surface area contributed by atoms with E-state index in [4.69, 9.17) is 0 Å². The fourth-order valence-corrected chi connectivity index (χ4v) is 3.04. The lowest BCUT2D eigenvalue weighted by Gasteiger charge is -2.03. The van der Waals surface area contributed by atoms with Gasteiger partial charge in [-0.3, -0.25) is 0 Å². The first-order valence-electron chi connectivity index (χ1n) is 7.68. The summed E-state index contributed by atoms with van der Waals surface area (Å²) in [6.45, 7) is 3.46. The third-order valence-corrected chi connectivity index (χ3v) is 4.22. The number of hydrogen-bond acceptors (Lipinski definition) is 4. The molecule has 0 unspecified atom stereocenters. The Hall–Kier alpha value is -3.35. The Bertz CT molecular complexity index is 1140. The van der Waals surface area contributed by atoms with E-state index in [-0.39, 0.29) is 5.76 Å². The zero-order valence-corrected chi connectivity index (χ0v) is 13.8. The van der Waals surface area contributed by atoms with Crippen LogP contribution in [-0.4, -0.2) is 31.7 Å². The van der Waals surface area contributed by atoms with Crippen molar-refractivity contribution in [3.8, 4) is 11.3 Å². The predicted molar refractivity (Wildman–Crippen MR) is 97.0 cm³/mol. The van der Waals surface area contributed by atoms with Gasteiger partial charge in [0, 0.05) is 36.3 Å². The van der Waals surface area contributed by atoms with Crippen molar-refractivity contribution in [2.45, 2.75) is 0 Å². The number of H-pyrrole nitrogens is 1. The first-order valence-corrected chi connectivity index (χ1v) is 7.68. The minimum absolute atomic E-state index is 0.179. The molecule has 3 N–H and O–H groups in total. The second-order valence-corrected chi connectivity index (χ2v) is 5.88. The summed E-state index contributed by atoms with van der Waals surface area (Å²) >= 11 is 0. The van der Waals surface area contributed by atoms with Crippen LogP contribution in [0.4, 0.5) is 10.2 Å². The smallest absolute Gasteiger partial charge is 0.156 e. The van der Waals surface area contributed by atoms with Crippen molar-refractivity contribution in [1.82, 2.24) is 19.5 Å². The summed E-state index contributed by atoms with van der Waals surface area (Å²) in [5.74, 6) is 0.0394. The molecule has 1 aromatic carbocycles. The lowest BCUT2D eigenvalue weighted by atomic mass is 10.1. The number of aryl methyl sites for hydroxylation is 1. The average Bonchev–Trinajstić information content (AvgIpc) is 3.17. The molecule has 0 amide bonds. The van der Waals surface area contributed by atoms with E-state index < -0.39 is 5.82 Å². The van der Waals surface area contributed by atoms with Gasteiger partial charge in [0.2, 0.25) is 0 Å². The fourth-order valence-electron chi connectivity index (χ4n) is 3.04. The number of pyridine rings is 1. The quantitative estimate of drug-likeness (QED) is 0.497. The maximum absolute atomic E-state index is 13.9. The van der Waals surface area contributed by atoms with Gasteiger partial charge < -0.3 is 20.0 Å². The number of aliphatic hydroxyl groups is 1.